The lowest BCUT2D eigenvalue weighted by molar-refractivity contribution is -0.272. The van der Waals surface area contributed by atoms with E-state index in [-0.39, 0.29) is 96.5 Å². The molecule has 0 spiro atoms. The summed E-state index contributed by atoms with van der Waals surface area (Å²) in [6, 6.07) is -2.20. The second-order valence-electron chi connectivity index (χ2n) is 16.1. The Morgan fingerprint density at radius 2 is 1.00 bits per heavy atom. The Hall–Kier alpha value is -3.50. The van der Waals surface area contributed by atoms with Gasteiger partial charge in [-0.15, -0.1) is 0 Å². The van der Waals surface area contributed by atoms with Crippen molar-refractivity contribution < 1.29 is 87.8 Å². The number of amides is 5. The van der Waals surface area contributed by atoms with Crippen molar-refractivity contribution >= 4 is 35.3 Å². The number of carbonyl (C=O) groups is 6. The van der Waals surface area contributed by atoms with E-state index in [2.05, 4.69) is 26.6 Å². The van der Waals surface area contributed by atoms with Crippen molar-refractivity contribution in [1.29, 1.82) is 0 Å². The molecule has 10 unspecified atom stereocenters. The van der Waals surface area contributed by atoms with Gasteiger partial charge in [0.05, 0.1) is 65.9 Å². The van der Waals surface area contributed by atoms with E-state index in [0.717, 1.165) is 19.3 Å². The topological polar surface area (TPSA) is 343 Å². The van der Waals surface area contributed by atoms with Crippen LogP contribution in [0.1, 0.15) is 66.2 Å². The van der Waals surface area contributed by atoms with Crippen molar-refractivity contribution in [3.05, 3.63) is 0 Å². The molecule has 0 aromatic carbocycles. The van der Waals surface area contributed by atoms with Gasteiger partial charge in [0.1, 0.15) is 54.5 Å². The quantitative estimate of drug-likeness (QED) is 0.0275. The van der Waals surface area contributed by atoms with Crippen LogP contribution in [0, 0.1) is 5.92 Å². The Balaban J connectivity index is 1.79. The molecular weight excluding hydrogens is 864 g/mol. The van der Waals surface area contributed by atoms with Gasteiger partial charge in [-0.05, 0) is 12.8 Å². The van der Waals surface area contributed by atoms with Gasteiger partial charge in [0.2, 0.25) is 29.5 Å². The Kier molecular flexibility index (Phi) is 28.6. The number of rotatable bonds is 33. The fraction of sp³-hybridized carbons (Fsp3) is 0.854. The van der Waals surface area contributed by atoms with Gasteiger partial charge >= 0.3 is 0 Å². The Morgan fingerprint density at radius 3 is 1.42 bits per heavy atom. The summed E-state index contributed by atoms with van der Waals surface area (Å²) in [5.74, 6) is -1.77. The van der Waals surface area contributed by atoms with Crippen molar-refractivity contribution in [2.24, 2.45) is 5.92 Å². The summed E-state index contributed by atoms with van der Waals surface area (Å²) in [5, 5.41) is 73.2. The minimum atomic E-state index is -1.46. The van der Waals surface area contributed by atoms with E-state index in [1.807, 2.05) is 13.8 Å². The molecule has 0 aromatic heterocycles. The highest BCUT2D eigenvalue weighted by atomic mass is 16.7. The highest BCUT2D eigenvalue weighted by Crippen LogP contribution is 2.23. The molecule has 2 fully saturated rings. The third-order valence-corrected chi connectivity index (χ3v) is 10.4. The molecule has 2 rings (SSSR count). The van der Waals surface area contributed by atoms with Crippen LogP contribution in [-0.2, 0) is 57.2 Å². The number of unbranched alkanes of at least 4 members (excludes halogenated alkanes) is 3. The molecule has 0 saturated carbocycles. The maximum atomic E-state index is 12.9. The van der Waals surface area contributed by atoms with E-state index < -0.39 is 98.1 Å². The number of ether oxygens (including phenoxy) is 6. The lowest BCUT2D eigenvalue weighted by Crippen LogP contribution is -2.64. The summed E-state index contributed by atoms with van der Waals surface area (Å²) in [6.45, 7) is 5.25. The van der Waals surface area contributed by atoms with Crippen LogP contribution in [0.3, 0.4) is 0 Å². The predicted octanol–water partition coefficient (Wildman–Crippen LogP) is -4.84. The summed E-state index contributed by atoms with van der Waals surface area (Å²) in [7, 11) is 0. The van der Waals surface area contributed by atoms with E-state index in [1.54, 1.807) is 4.90 Å². The first kappa shape index (κ1) is 57.6. The van der Waals surface area contributed by atoms with E-state index >= 15 is 0 Å². The van der Waals surface area contributed by atoms with Crippen LogP contribution in [0.4, 0.5) is 0 Å². The molecule has 10 atom stereocenters. The van der Waals surface area contributed by atoms with Crippen molar-refractivity contribution in [1.82, 2.24) is 31.5 Å². The monoisotopic (exact) mass is 939 g/mol. The van der Waals surface area contributed by atoms with Crippen LogP contribution >= 0.6 is 0 Å². The van der Waals surface area contributed by atoms with Crippen LogP contribution in [-0.4, -0.2) is 224 Å². The number of ketones is 1. The fourth-order valence-corrected chi connectivity index (χ4v) is 6.80. The molecule has 0 aromatic rings. The number of hydrogen-bond acceptors (Lipinski definition) is 19. The molecule has 2 aliphatic heterocycles. The van der Waals surface area contributed by atoms with Gasteiger partial charge in [-0.25, -0.2) is 0 Å². The Morgan fingerprint density at radius 1 is 0.569 bits per heavy atom. The smallest absolute Gasteiger partial charge is 0.234 e. The highest BCUT2D eigenvalue weighted by molar-refractivity contribution is 5.81. The number of aliphatic hydroxyl groups is 6. The maximum Gasteiger partial charge on any atom is 0.234 e. The third-order valence-electron chi connectivity index (χ3n) is 10.4. The zero-order chi connectivity index (χ0) is 48.3. The standard InChI is InChI=1S/C41H74N6O18/c1-25(2)28(52)9-7-5-6-8-10-31(53)42-11-14-47(21-32(54)43-12-15-60-17-19-62-40-34(45-26(3)50)38(58)36(56)29(23-48)64-40)22-33(55)44-13-16-61-18-20-63-41-35(46-27(4)51)39(59)37(57)30(24-49)65-41/h25,29-30,34-41,48-49,56-59H,5-24H2,1-4H3,(H,42,53)(H,43,54)(H,44,55)(H,45,50)(H,46,51). The molecule has 65 heavy (non-hydrogen) atoms. The van der Waals surface area contributed by atoms with Gasteiger partial charge in [-0.1, -0.05) is 26.7 Å². The summed E-state index contributed by atoms with van der Waals surface area (Å²) in [4.78, 5) is 74.9. The maximum absolute atomic E-state index is 12.9. The lowest BCUT2D eigenvalue weighted by Gasteiger charge is -2.42. The van der Waals surface area contributed by atoms with Gasteiger partial charge in [-0.3, -0.25) is 33.7 Å². The first-order valence-electron chi connectivity index (χ1n) is 22.2. The first-order valence-corrected chi connectivity index (χ1v) is 22.2. The zero-order valence-electron chi connectivity index (χ0n) is 38.0. The first-order chi connectivity index (χ1) is 31.0. The van der Waals surface area contributed by atoms with Crippen molar-refractivity contribution in [2.75, 3.05) is 92.1 Å². The number of carbonyl (C=O) groups excluding carboxylic acids is 6. The van der Waals surface area contributed by atoms with Gasteiger partial charge in [0.25, 0.3) is 0 Å². The minimum Gasteiger partial charge on any atom is -0.394 e. The molecule has 24 nitrogen and oxygen atoms in total. The van der Waals surface area contributed by atoms with E-state index in [4.69, 9.17) is 28.4 Å². The zero-order valence-corrected chi connectivity index (χ0v) is 38.0. The minimum absolute atomic E-state index is 0.00957. The second-order valence-corrected chi connectivity index (χ2v) is 16.1. The number of hydrogen-bond donors (Lipinski definition) is 11. The summed E-state index contributed by atoms with van der Waals surface area (Å²) < 4.78 is 33.3. The fourth-order valence-electron chi connectivity index (χ4n) is 6.80. The van der Waals surface area contributed by atoms with Crippen LogP contribution in [0.15, 0.2) is 0 Å². The molecule has 0 bridgehead atoms. The summed E-state index contributed by atoms with van der Waals surface area (Å²) in [5.41, 5.74) is 0. The highest BCUT2D eigenvalue weighted by Gasteiger charge is 2.46. The van der Waals surface area contributed by atoms with Crippen molar-refractivity contribution in [3.8, 4) is 0 Å². The number of nitrogens with zero attached hydrogens (tertiary/aromatic N) is 1. The third kappa shape index (κ3) is 22.7. The van der Waals surface area contributed by atoms with Crippen LogP contribution in [0.25, 0.3) is 0 Å². The average molecular weight is 939 g/mol. The molecular formula is C41H74N6O18. The van der Waals surface area contributed by atoms with Gasteiger partial charge in [0.15, 0.2) is 12.6 Å². The normalized spacial score (nSPS) is 25.5. The molecule has 24 heteroatoms. The number of Topliss-reactive ketones (excluding diaryl/α,β-unsaturated/α-hetero) is 1. The van der Waals surface area contributed by atoms with Gasteiger partial charge in [0, 0.05) is 58.8 Å². The van der Waals surface area contributed by atoms with E-state index in [9.17, 15) is 59.4 Å². The lowest BCUT2D eigenvalue weighted by atomic mass is 9.97. The van der Waals surface area contributed by atoms with Crippen LogP contribution in [0.2, 0.25) is 0 Å². The van der Waals surface area contributed by atoms with Gasteiger partial charge in [-0.2, -0.15) is 0 Å². The molecule has 376 valence electrons. The Labute approximate surface area is 379 Å². The largest absolute Gasteiger partial charge is 0.394 e. The molecule has 11 N–H and O–H groups in total. The molecule has 5 amide bonds. The number of nitrogens with one attached hydrogen (secondary N) is 5. The molecule has 0 radical (unpaired) electrons. The van der Waals surface area contributed by atoms with Gasteiger partial charge < -0.3 is 85.6 Å². The number of aliphatic hydroxyl groups excluding tert-OH is 6. The predicted molar refractivity (Wildman–Crippen MR) is 227 cm³/mol. The molecule has 2 aliphatic rings. The van der Waals surface area contributed by atoms with Crippen molar-refractivity contribution in [3.63, 3.8) is 0 Å². The molecule has 2 heterocycles. The molecule has 2 saturated heterocycles. The SMILES string of the molecule is CC(=O)NC1C(OCCOCCNC(=O)CN(CCNC(=O)CCCCCCC(=O)C(C)C)CC(=O)NCCOCCOC2OC(CO)C(O)C(O)C2NC(C)=O)OC(CO)C(O)C1O. The summed E-state index contributed by atoms with van der Waals surface area (Å²) in [6.07, 6.45) is -6.53. The van der Waals surface area contributed by atoms with Crippen molar-refractivity contribution in [2.45, 2.75) is 128 Å². The average Bonchev–Trinajstić information content (AvgIpc) is 3.25. The van der Waals surface area contributed by atoms with E-state index in [1.165, 1.54) is 13.8 Å². The second kappa shape index (κ2) is 32.2. The van der Waals surface area contributed by atoms with E-state index in [0.29, 0.717) is 19.3 Å². The molecule has 0 aliphatic carbocycles. The Bertz CT molecular complexity index is 1350. The van der Waals surface area contributed by atoms with Crippen LogP contribution < -0.4 is 26.6 Å². The summed E-state index contributed by atoms with van der Waals surface area (Å²) >= 11 is 0. The van der Waals surface area contributed by atoms with Crippen LogP contribution in [0.5, 0.6) is 0 Å².